The van der Waals surface area contributed by atoms with Crippen LogP contribution in [0.3, 0.4) is 0 Å². The predicted octanol–water partition coefficient (Wildman–Crippen LogP) is 3.85. The largest absolute Gasteiger partial charge is 0.324 e. The Kier molecular flexibility index (Phi) is 3.83. The van der Waals surface area contributed by atoms with Gasteiger partial charge in [-0.15, -0.1) is 0 Å². The van der Waals surface area contributed by atoms with Gasteiger partial charge in [-0.25, -0.2) is 0 Å². The fourth-order valence-corrected chi connectivity index (χ4v) is 2.25. The van der Waals surface area contributed by atoms with E-state index < -0.39 is 0 Å². The molecule has 1 nitrogen and oxygen atoms in total. The average molecular weight is 239 g/mol. The first kappa shape index (κ1) is 12.8. The highest BCUT2D eigenvalue weighted by atomic mass is 14.6. The normalized spacial score (nSPS) is 12.4. The monoisotopic (exact) mass is 239 g/mol. The topological polar surface area (TPSA) is 26.0 Å². The van der Waals surface area contributed by atoms with Crippen molar-refractivity contribution in [1.82, 2.24) is 0 Å². The van der Waals surface area contributed by atoms with Gasteiger partial charge in [0.25, 0.3) is 0 Å². The van der Waals surface area contributed by atoms with Crippen LogP contribution >= 0.6 is 0 Å². The van der Waals surface area contributed by atoms with E-state index in [1.165, 1.54) is 27.8 Å². The molecular weight excluding hydrogens is 218 g/mol. The van der Waals surface area contributed by atoms with Gasteiger partial charge < -0.3 is 5.73 Å². The minimum Gasteiger partial charge on any atom is -0.324 e. The Hall–Kier alpha value is -1.60. The summed E-state index contributed by atoms with van der Waals surface area (Å²) in [6.07, 6.45) is 0.893. The van der Waals surface area contributed by atoms with E-state index in [-0.39, 0.29) is 6.04 Å². The molecule has 0 fully saturated rings. The summed E-state index contributed by atoms with van der Waals surface area (Å²) in [5.41, 5.74) is 12.7. The number of aryl methyl sites for hydroxylation is 3. The summed E-state index contributed by atoms with van der Waals surface area (Å²) in [5.74, 6) is 0. The molecule has 1 heteroatoms. The van der Waals surface area contributed by atoms with Gasteiger partial charge in [-0.2, -0.15) is 0 Å². The Morgan fingerprint density at radius 3 is 2.17 bits per heavy atom. The molecule has 1 unspecified atom stereocenters. The van der Waals surface area contributed by atoms with Crippen LogP contribution in [-0.4, -0.2) is 0 Å². The van der Waals surface area contributed by atoms with Crippen LogP contribution in [0.5, 0.6) is 0 Å². The molecule has 0 saturated carbocycles. The molecule has 1 atom stereocenters. The molecule has 94 valence electrons. The lowest BCUT2D eigenvalue weighted by atomic mass is 9.94. The molecule has 2 rings (SSSR count). The van der Waals surface area contributed by atoms with Crippen molar-refractivity contribution in [2.45, 2.75) is 33.2 Å². The predicted molar refractivity (Wildman–Crippen MR) is 77.7 cm³/mol. The summed E-state index contributed by atoms with van der Waals surface area (Å²) < 4.78 is 0. The summed E-state index contributed by atoms with van der Waals surface area (Å²) >= 11 is 0. The molecule has 0 aliphatic rings. The molecule has 0 aliphatic carbocycles. The van der Waals surface area contributed by atoms with E-state index in [0.29, 0.717) is 0 Å². The second kappa shape index (κ2) is 5.36. The van der Waals surface area contributed by atoms with E-state index in [0.717, 1.165) is 6.42 Å². The summed E-state index contributed by atoms with van der Waals surface area (Å²) in [5, 5.41) is 0. The van der Waals surface area contributed by atoms with Gasteiger partial charge in [0.05, 0.1) is 0 Å². The summed E-state index contributed by atoms with van der Waals surface area (Å²) in [4.78, 5) is 0. The van der Waals surface area contributed by atoms with Crippen LogP contribution in [0.2, 0.25) is 0 Å². The summed E-state index contributed by atoms with van der Waals surface area (Å²) in [6.45, 7) is 6.35. The smallest absolute Gasteiger partial charge is 0.0338 e. The van der Waals surface area contributed by atoms with Crippen molar-refractivity contribution in [2.75, 3.05) is 0 Å². The number of benzene rings is 2. The number of hydrogen-bond donors (Lipinski definition) is 1. The lowest BCUT2D eigenvalue weighted by Gasteiger charge is -2.16. The van der Waals surface area contributed by atoms with Gasteiger partial charge in [-0.3, -0.25) is 0 Å². The third-order valence-electron chi connectivity index (χ3n) is 3.41. The summed E-state index contributed by atoms with van der Waals surface area (Å²) in [7, 11) is 0. The van der Waals surface area contributed by atoms with Crippen molar-refractivity contribution >= 4 is 0 Å². The minimum absolute atomic E-state index is 0.0765. The van der Waals surface area contributed by atoms with Crippen LogP contribution < -0.4 is 5.73 Å². The molecule has 0 heterocycles. The van der Waals surface area contributed by atoms with Crippen LogP contribution in [0.15, 0.2) is 42.5 Å². The zero-order valence-electron chi connectivity index (χ0n) is 11.4. The van der Waals surface area contributed by atoms with E-state index in [1.54, 1.807) is 0 Å². The van der Waals surface area contributed by atoms with Crippen molar-refractivity contribution in [3.63, 3.8) is 0 Å². The molecule has 0 aromatic heterocycles. The second-order valence-electron chi connectivity index (χ2n) is 5.16. The molecule has 2 N–H and O–H groups in total. The van der Waals surface area contributed by atoms with Gasteiger partial charge in [-0.1, -0.05) is 53.6 Å². The Morgan fingerprint density at radius 2 is 1.50 bits per heavy atom. The average Bonchev–Trinajstić information content (AvgIpc) is 2.35. The van der Waals surface area contributed by atoms with Gasteiger partial charge in [0, 0.05) is 6.04 Å². The maximum atomic E-state index is 6.33. The fraction of sp³-hybridized carbons (Fsp3) is 0.294. The lowest BCUT2D eigenvalue weighted by Crippen LogP contribution is -2.14. The van der Waals surface area contributed by atoms with Crippen LogP contribution in [0.1, 0.15) is 33.9 Å². The molecular formula is C17H21N. The number of rotatable bonds is 3. The van der Waals surface area contributed by atoms with Crippen LogP contribution in [-0.2, 0) is 6.42 Å². The molecule has 0 aliphatic heterocycles. The maximum absolute atomic E-state index is 6.33. The van der Waals surface area contributed by atoms with Crippen molar-refractivity contribution in [1.29, 1.82) is 0 Å². The third-order valence-corrected chi connectivity index (χ3v) is 3.41. The molecule has 0 amide bonds. The maximum Gasteiger partial charge on any atom is 0.0338 e. The highest BCUT2D eigenvalue weighted by molar-refractivity contribution is 5.34. The van der Waals surface area contributed by atoms with Crippen LogP contribution in [0, 0.1) is 20.8 Å². The lowest BCUT2D eigenvalue weighted by molar-refractivity contribution is 0.715. The van der Waals surface area contributed by atoms with Gasteiger partial charge in [0.1, 0.15) is 0 Å². The van der Waals surface area contributed by atoms with E-state index in [4.69, 9.17) is 5.73 Å². The highest BCUT2D eigenvalue weighted by Crippen LogP contribution is 2.21. The van der Waals surface area contributed by atoms with Gasteiger partial charge in [-0.05, 0) is 43.9 Å². The zero-order valence-corrected chi connectivity index (χ0v) is 11.4. The third kappa shape index (κ3) is 2.99. The van der Waals surface area contributed by atoms with Crippen molar-refractivity contribution in [2.24, 2.45) is 5.73 Å². The molecule has 18 heavy (non-hydrogen) atoms. The van der Waals surface area contributed by atoms with Gasteiger partial charge in [0.15, 0.2) is 0 Å². The Balaban J connectivity index is 2.18. The molecule has 0 spiro atoms. The highest BCUT2D eigenvalue weighted by Gasteiger charge is 2.10. The quantitative estimate of drug-likeness (QED) is 0.865. The zero-order chi connectivity index (χ0) is 13.1. The molecule has 0 bridgehead atoms. The van der Waals surface area contributed by atoms with Gasteiger partial charge in [0.2, 0.25) is 0 Å². The van der Waals surface area contributed by atoms with Crippen molar-refractivity contribution in [3.05, 3.63) is 70.3 Å². The van der Waals surface area contributed by atoms with Crippen LogP contribution in [0.25, 0.3) is 0 Å². The van der Waals surface area contributed by atoms with E-state index in [9.17, 15) is 0 Å². The SMILES string of the molecule is Cc1ccc(CC(N)c2cc(C)ccc2C)cc1. The summed E-state index contributed by atoms with van der Waals surface area (Å²) in [6, 6.07) is 15.2. The molecule has 0 saturated heterocycles. The number of hydrogen-bond acceptors (Lipinski definition) is 1. The molecule has 0 radical (unpaired) electrons. The molecule has 2 aromatic carbocycles. The number of nitrogens with two attached hydrogens (primary N) is 1. The molecule has 2 aromatic rings. The first-order chi connectivity index (χ1) is 8.56. The van der Waals surface area contributed by atoms with Crippen LogP contribution in [0.4, 0.5) is 0 Å². The van der Waals surface area contributed by atoms with E-state index in [2.05, 4.69) is 63.2 Å². The fourth-order valence-electron chi connectivity index (χ4n) is 2.25. The standard InChI is InChI=1S/C17H21N/c1-12-5-8-15(9-6-12)11-17(18)16-10-13(2)4-7-14(16)3/h4-10,17H,11,18H2,1-3H3. The Labute approximate surface area is 110 Å². The van der Waals surface area contributed by atoms with Crippen molar-refractivity contribution < 1.29 is 0 Å². The second-order valence-corrected chi connectivity index (χ2v) is 5.16. The van der Waals surface area contributed by atoms with E-state index >= 15 is 0 Å². The first-order valence-electron chi connectivity index (χ1n) is 6.44. The Morgan fingerprint density at radius 1 is 0.889 bits per heavy atom. The van der Waals surface area contributed by atoms with Gasteiger partial charge >= 0.3 is 0 Å². The minimum atomic E-state index is 0.0765. The van der Waals surface area contributed by atoms with E-state index in [1.807, 2.05) is 0 Å². The van der Waals surface area contributed by atoms with Crippen molar-refractivity contribution in [3.8, 4) is 0 Å². The first-order valence-corrected chi connectivity index (χ1v) is 6.44. The Bertz CT molecular complexity index is 526.